The number of hydrogen-bond acceptors (Lipinski definition) is 3. The van der Waals surface area contributed by atoms with Gasteiger partial charge >= 0.3 is 0 Å². The van der Waals surface area contributed by atoms with Gasteiger partial charge in [-0.25, -0.2) is 0 Å². The number of rotatable bonds is 8. The molecule has 0 aliphatic heterocycles. The van der Waals surface area contributed by atoms with E-state index in [-0.39, 0.29) is 12.0 Å². The van der Waals surface area contributed by atoms with Gasteiger partial charge in [-0.15, -0.1) is 0 Å². The van der Waals surface area contributed by atoms with Crippen LogP contribution in [0.2, 0.25) is 0 Å². The standard InChI is InChI=1S/C25H31NO2/c1-25(2,3)14-6-5-7-15-26(4)18-21-10-9-13-24(17-21)28-20-23-12-8-11-22(16-23)19-27/h5,7-13,16-17,27H,15,18-20H2,1-4H3/b7-5+. The molecule has 2 rings (SSSR count). The van der Waals surface area contributed by atoms with Gasteiger partial charge < -0.3 is 9.84 Å². The van der Waals surface area contributed by atoms with E-state index in [1.165, 1.54) is 5.56 Å². The average molecular weight is 378 g/mol. The summed E-state index contributed by atoms with van der Waals surface area (Å²) >= 11 is 0. The zero-order valence-corrected chi connectivity index (χ0v) is 17.4. The van der Waals surface area contributed by atoms with Crippen molar-refractivity contribution in [2.45, 2.75) is 40.5 Å². The van der Waals surface area contributed by atoms with Gasteiger partial charge in [-0.05, 0) is 62.7 Å². The van der Waals surface area contributed by atoms with Gasteiger partial charge in [-0.2, -0.15) is 0 Å². The van der Waals surface area contributed by atoms with Gasteiger partial charge in [0.25, 0.3) is 0 Å². The zero-order chi connectivity index (χ0) is 20.4. The normalized spacial score (nSPS) is 11.5. The second-order valence-corrected chi connectivity index (χ2v) is 8.03. The molecule has 3 nitrogen and oxygen atoms in total. The fourth-order valence-corrected chi connectivity index (χ4v) is 2.64. The maximum absolute atomic E-state index is 9.24. The molecule has 0 spiro atoms. The molecular weight excluding hydrogens is 346 g/mol. The maximum Gasteiger partial charge on any atom is 0.120 e. The summed E-state index contributed by atoms with van der Waals surface area (Å²) in [5.41, 5.74) is 3.20. The van der Waals surface area contributed by atoms with Gasteiger partial charge in [0.1, 0.15) is 12.4 Å². The molecule has 0 aromatic heterocycles. The van der Waals surface area contributed by atoms with E-state index in [2.05, 4.69) is 62.8 Å². The second kappa shape index (κ2) is 10.7. The monoisotopic (exact) mass is 377 g/mol. The molecule has 3 heteroatoms. The Kier molecular flexibility index (Phi) is 8.32. The maximum atomic E-state index is 9.24. The summed E-state index contributed by atoms with van der Waals surface area (Å²) in [4.78, 5) is 2.24. The lowest BCUT2D eigenvalue weighted by Gasteiger charge is -2.15. The van der Waals surface area contributed by atoms with Crippen LogP contribution in [0.5, 0.6) is 5.75 Å². The van der Waals surface area contributed by atoms with E-state index in [0.717, 1.165) is 30.0 Å². The van der Waals surface area contributed by atoms with Crippen LogP contribution in [0.25, 0.3) is 0 Å². The Hall–Kier alpha value is -2.54. The van der Waals surface area contributed by atoms with Gasteiger partial charge in [0.05, 0.1) is 6.61 Å². The number of aliphatic hydroxyl groups is 1. The van der Waals surface area contributed by atoms with Crippen molar-refractivity contribution in [2.24, 2.45) is 5.41 Å². The van der Waals surface area contributed by atoms with E-state index in [9.17, 15) is 5.11 Å². The van der Waals surface area contributed by atoms with Crippen LogP contribution in [0.3, 0.4) is 0 Å². The molecule has 0 aliphatic carbocycles. The first-order valence-corrected chi connectivity index (χ1v) is 9.62. The Morgan fingerprint density at radius 3 is 2.50 bits per heavy atom. The summed E-state index contributed by atoms with van der Waals surface area (Å²) in [6, 6.07) is 16.0. The van der Waals surface area contributed by atoms with Crippen molar-refractivity contribution in [2.75, 3.05) is 13.6 Å². The van der Waals surface area contributed by atoms with Crippen molar-refractivity contribution in [3.05, 3.63) is 77.4 Å². The molecule has 0 fully saturated rings. The van der Waals surface area contributed by atoms with Gasteiger partial charge in [0, 0.05) is 18.5 Å². The van der Waals surface area contributed by atoms with Crippen LogP contribution in [0.15, 0.2) is 60.7 Å². The number of aliphatic hydroxyl groups excluding tert-OH is 1. The largest absolute Gasteiger partial charge is 0.489 e. The quantitative estimate of drug-likeness (QED) is 0.671. The van der Waals surface area contributed by atoms with Crippen molar-refractivity contribution in [1.29, 1.82) is 0 Å². The van der Waals surface area contributed by atoms with E-state index in [1.54, 1.807) is 0 Å². The fraction of sp³-hybridized carbons (Fsp3) is 0.360. The highest BCUT2D eigenvalue weighted by Crippen LogP contribution is 2.17. The molecule has 2 aromatic rings. The van der Waals surface area contributed by atoms with Crippen LogP contribution in [0.1, 0.15) is 37.5 Å². The summed E-state index contributed by atoms with van der Waals surface area (Å²) in [5.74, 6) is 7.16. The van der Waals surface area contributed by atoms with Gasteiger partial charge in [0.2, 0.25) is 0 Å². The summed E-state index contributed by atoms with van der Waals surface area (Å²) in [7, 11) is 2.09. The molecular formula is C25H31NO2. The lowest BCUT2D eigenvalue weighted by molar-refractivity contribution is 0.280. The minimum atomic E-state index is 0.0378. The van der Waals surface area contributed by atoms with Crippen molar-refractivity contribution < 1.29 is 9.84 Å². The Labute approximate surface area is 169 Å². The van der Waals surface area contributed by atoms with Crippen molar-refractivity contribution in [1.82, 2.24) is 4.90 Å². The number of ether oxygens (including phenoxy) is 1. The van der Waals surface area contributed by atoms with E-state index < -0.39 is 0 Å². The molecule has 0 saturated carbocycles. The minimum absolute atomic E-state index is 0.0378. The van der Waals surface area contributed by atoms with Crippen molar-refractivity contribution in [3.63, 3.8) is 0 Å². The molecule has 0 amide bonds. The SMILES string of the molecule is CN(C/C=C/C#CC(C)(C)C)Cc1cccc(OCc2cccc(CO)c2)c1. The fourth-order valence-electron chi connectivity index (χ4n) is 2.64. The van der Waals surface area contributed by atoms with Gasteiger partial charge in [-0.3, -0.25) is 4.90 Å². The lowest BCUT2D eigenvalue weighted by atomic mass is 9.98. The van der Waals surface area contributed by atoms with E-state index in [1.807, 2.05) is 42.5 Å². The first kappa shape index (κ1) is 21.8. The van der Waals surface area contributed by atoms with E-state index in [4.69, 9.17) is 4.74 Å². The van der Waals surface area contributed by atoms with Gasteiger partial charge in [-0.1, -0.05) is 54.3 Å². The predicted molar refractivity (Wildman–Crippen MR) is 116 cm³/mol. The second-order valence-electron chi connectivity index (χ2n) is 8.03. The highest BCUT2D eigenvalue weighted by atomic mass is 16.5. The third kappa shape index (κ3) is 8.43. The minimum Gasteiger partial charge on any atom is -0.489 e. The molecule has 0 atom stereocenters. The number of allylic oxidation sites excluding steroid dienone is 1. The molecule has 0 saturated heterocycles. The number of likely N-dealkylation sites (N-methyl/N-ethyl adjacent to an activating group) is 1. The Bertz CT molecular complexity index is 837. The highest BCUT2D eigenvalue weighted by molar-refractivity contribution is 5.29. The van der Waals surface area contributed by atoms with E-state index >= 15 is 0 Å². The highest BCUT2D eigenvalue weighted by Gasteiger charge is 2.03. The average Bonchev–Trinajstić information content (AvgIpc) is 2.65. The molecule has 0 radical (unpaired) electrons. The molecule has 0 bridgehead atoms. The van der Waals surface area contributed by atoms with Gasteiger partial charge in [0.15, 0.2) is 0 Å². The van der Waals surface area contributed by atoms with Crippen LogP contribution in [0, 0.1) is 17.3 Å². The molecule has 148 valence electrons. The Morgan fingerprint density at radius 1 is 1.04 bits per heavy atom. The van der Waals surface area contributed by atoms with Crippen LogP contribution < -0.4 is 4.74 Å². The molecule has 1 N–H and O–H groups in total. The van der Waals surface area contributed by atoms with E-state index in [0.29, 0.717) is 6.61 Å². The Balaban J connectivity index is 1.86. The molecule has 0 unspecified atom stereocenters. The van der Waals surface area contributed by atoms with Crippen molar-refractivity contribution in [3.8, 4) is 17.6 Å². The van der Waals surface area contributed by atoms with Crippen LogP contribution in [-0.2, 0) is 19.8 Å². The first-order chi connectivity index (χ1) is 13.4. The third-order valence-corrected chi connectivity index (χ3v) is 4.00. The smallest absolute Gasteiger partial charge is 0.120 e. The molecule has 0 aliphatic rings. The lowest BCUT2D eigenvalue weighted by Crippen LogP contribution is -2.17. The summed E-state index contributed by atoms with van der Waals surface area (Å²) in [5, 5.41) is 9.24. The molecule has 28 heavy (non-hydrogen) atoms. The Morgan fingerprint density at radius 2 is 1.75 bits per heavy atom. The van der Waals surface area contributed by atoms with Crippen LogP contribution >= 0.6 is 0 Å². The first-order valence-electron chi connectivity index (χ1n) is 9.62. The van der Waals surface area contributed by atoms with Crippen molar-refractivity contribution >= 4 is 0 Å². The number of hydrogen-bond donors (Lipinski definition) is 1. The summed E-state index contributed by atoms with van der Waals surface area (Å²) < 4.78 is 5.93. The summed E-state index contributed by atoms with van der Waals surface area (Å²) in [6.07, 6.45) is 4.02. The summed E-state index contributed by atoms with van der Waals surface area (Å²) in [6.45, 7) is 8.55. The topological polar surface area (TPSA) is 32.7 Å². The van der Waals surface area contributed by atoms with Crippen LogP contribution in [-0.4, -0.2) is 23.6 Å². The zero-order valence-electron chi connectivity index (χ0n) is 17.4. The molecule has 0 heterocycles. The predicted octanol–water partition coefficient (Wildman–Crippen LogP) is 4.80. The third-order valence-electron chi connectivity index (χ3n) is 4.00. The number of benzene rings is 2. The molecule has 2 aromatic carbocycles. The van der Waals surface area contributed by atoms with Crippen LogP contribution in [0.4, 0.5) is 0 Å². The number of nitrogens with zero attached hydrogens (tertiary/aromatic N) is 1.